The van der Waals surface area contributed by atoms with Crippen LogP contribution in [0.1, 0.15) is 19.3 Å². The molecule has 0 aliphatic carbocycles. The largest absolute Gasteiger partial charge is 0.481 e. The summed E-state index contributed by atoms with van der Waals surface area (Å²) in [6, 6.07) is 0.471. The number of carboxylic acids is 1. The van der Waals surface area contributed by atoms with Crippen LogP contribution < -0.4 is 0 Å². The van der Waals surface area contributed by atoms with Gasteiger partial charge in [-0.2, -0.15) is 5.10 Å². The molecule has 0 saturated carbocycles. The van der Waals surface area contributed by atoms with Crippen LogP contribution >= 0.6 is 11.6 Å². The molecule has 3 rings (SSSR count). The van der Waals surface area contributed by atoms with Gasteiger partial charge < -0.3 is 14.7 Å². The summed E-state index contributed by atoms with van der Waals surface area (Å²) < 4.78 is 7.33. The maximum atomic E-state index is 11.0. The molecule has 1 N–H and O–H groups in total. The molecular formula is C17H27ClN4O3. The van der Waals surface area contributed by atoms with E-state index in [1.807, 2.05) is 10.9 Å². The van der Waals surface area contributed by atoms with E-state index in [9.17, 15) is 4.79 Å². The fourth-order valence-corrected chi connectivity index (χ4v) is 4.14. The fraction of sp³-hybridized carbons (Fsp3) is 0.765. The third-order valence-corrected chi connectivity index (χ3v) is 5.46. The van der Waals surface area contributed by atoms with Crippen molar-refractivity contribution >= 4 is 17.6 Å². The van der Waals surface area contributed by atoms with E-state index in [-0.39, 0.29) is 6.42 Å². The highest BCUT2D eigenvalue weighted by Gasteiger charge is 2.33. The number of halogens is 1. The van der Waals surface area contributed by atoms with Gasteiger partial charge in [-0.3, -0.25) is 14.4 Å². The van der Waals surface area contributed by atoms with Gasteiger partial charge in [0, 0.05) is 44.8 Å². The number of hydrogen-bond acceptors (Lipinski definition) is 5. The fourth-order valence-electron chi connectivity index (χ4n) is 3.99. The lowest BCUT2D eigenvalue weighted by molar-refractivity contribution is -0.137. The van der Waals surface area contributed by atoms with Gasteiger partial charge in [0.25, 0.3) is 0 Å². The van der Waals surface area contributed by atoms with Crippen LogP contribution in [0, 0.1) is 5.92 Å². The zero-order chi connectivity index (χ0) is 17.6. The molecule has 140 valence electrons. The molecule has 0 aromatic carbocycles. The van der Waals surface area contributed by atoms with Crippen LogP contribution in [-0.2, 0) is 16.1 Å². The monoisotopic (exact) mass is 370 g/mol. The Bertz CT molecular complexity index is 562. The Morgan fingerprint density at radius 3 is 2.80 bits per heavy atom. The summed E-state index contributed by atoms with van der Waals surface area (Å²) in [7, 11) is 0. The minimum atomic E-state index is -0.705. The van der Waals surface area contributed by atoms with Gasteiger partial charge in [-0.1, -0.05) is 11.6 Å². The zero-order valence-electron chi connectivity index (χ0n) is 14.5. The lowest BCUT2D eigenvalue weighted by Crippen LogP contribution is -2.54. The van der Waals surface area contributed by atoms with Crippen LogP contribution in [0.3, 0.4) is 0 Å². The second-order valence-electron chi connectivity index (χ2n) is 6.92. The van der Waals surface area contributed by atoms with E-state index in [1.165, 1.54) is 0 Å². The Kier molecular flexibility index (Phi) is 6.70. The first-order valence-electron chi connectivity index (χ1n) is 9.06. The van der Waals surface area contributed by atoms with Gasteiger partial charge in [0.1, 0.15) is 0 Å². The van der Waals surface area contributed by atoms with Crippen molar-refractivity contribution in [1.82, 2.24) is 19.6 Å². The molecule has 1 aromatic heterocycles. The van der Waals surface area contributed by atoms with Crippen LogP contribution in [0.5, 0.6) is 0 Å². The second-order valence-corrected chi connectivity index (χ2v) is 7.36. The van der Waals surface area contributed by atoms with E-state index in [4.69, 9.17) is 21.4 Å². The minimum absolute atomic E-state index is 0.244. The Morgan fingerprint density at radius 2 is 2.12 bits per heavy atom. The number of carbonyl (C=O) groups is 1. The maximum absolute atomic E-state index is 11.0. The molecule has 2 saturated heterocycles. The molecular weight excluding hydrogens is 344 g/mol. The lowest BCUT2D eigenvalue weighted by Gasteiger charge is -2.45. The van der Waals surface area contributed by atoms with Gasteiger partial charge in [-0.25, -0.2) is 0 Å². The van der Waals surface area contributed by atoms with E-state index in [0.29, 0.717) is 17.0 Å². The summed E-state index contributed by atoms with van der Waals surface area (Å²) in [4.78, 5) is 16.0. The predicted octanol–water partition coefficient (Wildman–Crippen LogP) is 1.42. The Balaban J connectivity index is 1.56. The average molecular weight is 371 g/mol. The number of morpholine rings is 1. The molecule has 2 aliphatic rings. The third-order valence-electron chi connectivity index (χ3n) is 5.27. The highest BCUT2D eigenvalue weighted by molar-refractivity contribution is 6.30. The molecule has 0 bridgehead atoms. The van der Waals surface area contributed by atoms with Crippen LogP contribution in [0.2, 0.25) is 5.02 Å². The number of hydrogen-bond donors (Lipinski definition) is 1. The Hall–Kier alpha value is -1.15. The average Bonchev–Trinajstić information content (AvgIpc) is 3.04. The molecule has 1 aromatic rings. The normalized spacial score (nSPS) is 26.0. The van der Waals surface area contributed by atoms with Crippen LogP contribution in [0.15, 0.2) is 12.4 Å². The number of rotatable bonds is 7. The van der Waals surface area contributed by atoms with E-state index >= 15 is 0 Å². The molecule has 2 atom stereocenters. The topological polar surface area (TPSA) is 70.8 Å². The molecule has 2 aliphatic heterocycles. The summed E-state index contributed by atoms with van der Waals surface area (Å²) >= 11 is 5.91. The van der Waals surface area contributed by atoms with Gasteiger partial charge in [-0.15, -0.1) is 0 Å². The molecule has 7 nitrogen and oxygen atoms in total. The Morgan fingerprint density at radius 1 is 1.32 bits per heavy atom. The van der Waals surface area contributed by atoms with Crippen molar-refractivity contribution in [3.63, 3.8) is 0 Å². The summed E-state index contributed by atoms with van der Waals surface area (Å²) in [5.74, 6) is -0.312. The highest BCUT2D eigenvalue weighted by Crippen LogP contribution is 2.27. The van der Waals surface area contributed by atoms with Crippen molar-refractivity contribution in [1.29, 1.82) is 0 Å². The molecule has 25 heavy (non-hydrogen) atoms. The van der Waals surface area contributed by atoms with Crippen molar-refractivity contribution in [3.8, 4) is 0 Å². The van der Waals surface area contributed by atoms with E-state index < -0.39 is 5.97 Å². The van der Waals surface area contributed by atoms with Gasteiger partial charge in [-0.05, 0) is 25.3 Å². The summed E-state index contributed by atoms with van der Waals surface area (Å²) in [5.41, 5.74) is 0. The number of carboxylic acid groups (broad SMARTS) is 1. The van der Waals surface area contributed by atoms with Crippen LogP contribution in [0.25, 0.3) is 0 Å². The van der Waals surface area contributed by atoms with Crippen LogP contribution in [0.4, 0.5) is 0 Å². The minimum Gasteiger partial charge on any atom is -0.481 e. The zero-order valence-corrected chi connectivity index (χ0v) is 15.3. The quantitative estimate of drug-likeness (QED) is 0.782. The van der Waals surface area contributed by atoms with E-state index in [2.05, 4.69) is 14.9 Å². The molecule has 0 spiro atoms. The number of nitrogens with zero attached hydrogens (tertiary/aromatic N) is 4. The number of aromatic nitrogens is 2. The molecule has 0 amide bonds. The summed E-state index contributed by atoms with van der Waals surface area (Å²) in [6.07, 6.45) is 5.56. The van der Waals surface area contributed by atoms with Crippen LogP contribution in [-0.4, -0.2) is 82.6 Å². The molecule has 0 unspecified atom stereocenters. The summed E-state index contributed by atoms with van der Waals surface area (Å²) in [5, 5.41) is 14.0. The third kappa shape index (κ3) is 5.41. The molecule has 3 heterocycles. The molecule has 2 fully saturated rings. The Labute approximate surface area is 153 Å². The molecule has 0 radical (unpaired) electrons. The van der Waals surface area contributed by atoms with Gasteiger partial charge >= 0.3 is 5.97 Å². The van der Waals surface area contributed by atoms with Crippen molar-refractivity contribution in [2.75, 3.05) is 45.9 Å². The lowest BCUT2D eigenvalue weighted by atomic mass is 9.86. The second kappa shape index (κ2) is 8.98. The van der Waals surface area contributed by atoms with Gasteiger partial charge in [0.2, 0.25) is 0 Å². The van der Waals surface area contributed by atoms with Crippen molar-refractivity contribution in [2.45, 2.75) is 31.8 Å². The molecule has 8 heteroatoms. The summed E-state index contributed by atoms with van der Waals surface area (Å²) in [6.45, 7) is 7.20. The highest BCUT2D eigenvalue weighted by atomic mass is 35.5. The SMILES string of the molecule is O=C(O)CC[C@@H]1CN(CCn2cc(Cl)cn2)CC[C@@H]1N1CCOCC1. The first-order valence-corrected chi connectivity index (χ1v) is 9.43. The predicted molar refractivity (Wildman–Crippen MR) is 94.8 cm³/mol. The maximum Gasteiger partial charge on any atom is 0.303 e. The van der Waals surface area contributed by atoms with Gasteiger partial charge in [0.15, 0.2) is 0 Å². The van der Waals surface area contributed by atoms with Crippen molar-refractivity contribution < 1.29 is 14.6 Å². The number of piperidine rings is 1. The first kappa shape index (κ1) is 18.6. The number of ether oxygens (including phenoxy) is 1. The van der Waals surface area contributed by atoms with E-state index in [0.717, 1.165) is 65.3 Å². The number of likely N-dealkylation sites (tertiary alicyclic amines) is 1. The van der Waals surface area contributed by atoms with Crippen molar-refractivity contribution in [3.05, 3.63) is 17.4 Å². The van der Waals surface area contributed by atoms with E-state index in [1.54, 1.807) is 6.20 Å². The number of aliphatic carboxylic acids is 1. The van der Waals surface area contributed by atoms with Gasteiger partial charge in [0.05, 0.1) is 31.0 Å². The smallest absolute Gasteiger partial charge is 0.303 e. The van der Waals surface area contributed by atoms with Crippen molar-refractivity contribution in [2.24, 2.45) is 5.92 Å². The standard InChI is InChI=1S/C17H27ClN4O3/c18-15-11-19-22(13-15)6-5-20-4-3-16(21-7-9-25-10-8-21)14(12-20)1-2-17(23)24/h11,13-14,16H,1-10,12H2,(H,23,24)/t14-,16+/m1/s1. The first-order chi connectivity index (χ1) is 12.1.